The highest BCUT2D eigenvalue weighted by Gasteiger charge is 2.35. The normalized spacial score (nSPS) is 24.3. The molecule has 3 nitrogen and oxygen atoms in total. The Hall–Kier alpha value is -0.120. The van der Waals surface area contributed by atoms with Gasteiger partial charge in [0.05, 0.1) is 12.1 Å². The average molecular weight is 268 g/mol. The lowest BCUT2D eigenvalue weighted by molar-refractivity contribution is 0.0857. The van der Waals surface area contributed by atoms with E-state index in [0.717, 1.165) is 19.1 Å². The van der Waals surface area contributed by atoms with Crippen molar-refractivity contribution >= 4 is 0 Å². The highest BCUT2D eigenvalue weighted by Crippen LogP contribution is 2.27. The monoisotopic (exact) mass is 268 g/mol. The summed E-state index contributed by atoms with van der Waals surface area (Å²) >= 11 is 0. The van der Waals surface area contributed by atoms with Crippen molar-refractivity contribution in [3.05, 3.63) is 0 Å². The van der Waals surface area contributed by atoms with Gasteiger partial charge in [-0.2, -0.15) is 0 Å². The smallest absolute Gasteiger partial charge is 0.0623 e. The third-order valence-electron chi connectivity index (χ3n) is 4.47. The first-order chi connectivity index (χ1) is 9.02. The molecule has 0 bridgehead atoms. The molecule has 19 heavy (non-hydrogen) atoms. The van der Waals surface area contributed by atoms with E-state index in [9.17, 15) is 5.11 Å². The summed E-state index contributed by atoms with van der Waals surface area (Å²) in [6.07, 6.45) is 8.01. The van der Waals surface area contributed by atoms with Crippen LogP contribution in [0.25, 0.3) is 0 Å². The van der Waals surface area contributed by atoms with Gasteiger partial charge in [-0.25, -0.2) is 0 Å². The Morgan fingerprint density at radius 1 is 1.21 bits per heavy atom. The van der Waals surface area contributed by atoms with Gasteiger partial charge in [0.2, 0.25) is 0 Å². The zero-order chi connectivity index (χ0) is 13.9. The lowest BCUT2D eigenvalue weighted by Crippen LogP contribution is -2.57. The van der Waals surface area contributed by atoms with Crippen molar-refractivity contribution in [2.24, 2.45) is 5.92 Å². The molecule has 112 valence electrons. The van der Waals surface area contributed by atoms with E-state index >= 15 is 0 Å². The molecule has 2 saturated carbocycles. The van der Waals surface area contributed by atoms with Gasteiger partial charge in [0.15, 0.2) is 0 Å². The Morgan fingerprint density at radius 2 is 1.84 bits per heavy atom. The second kappa shape index (κ2) is 6.55. The van der Waals surface area contributed by atoms with Gasteiger partial charge >= 0.3 is 0 Å². The molecule has 1 atom stereocenters. The standard InChI is InChI=1S/C16H32N2O/c1-13(2)10-18(15-6-4-5-7-15)11-16(3,12-19)17-14-8-9-14/h13-15,17,19H,4-12H2,1-3H3. The summed E-state index contributed by atoms with van der Waals surface area (Å²) in [5, 5.41) is 13.5. The van der Waals surface area contributed by atoms with Crippen LogP contribution in [0, 0.1) is 5.92 Å². The highest BCUT2D eigenvalue weighted by molar-refractivity contribution is 4.95. The zero-order valence-electron chi connectivity index (χ0n) is 13.0. The number of aliphatic hydroxyl groups excluding tert-OH is 1. The molecule has 0 radical (unpaired) electrons. The molecule has 0 saturated heterocycles. The lowest BCUT2D eigenvalue weighted by Gasteiger charge is -2.39. The van der Waals surface area contributed by atoms with Crippen molar-refractivity contribution in [2.75, 3.05) is 19.7 Å². The quantitative estimate of drug-likeness (QED) is 0.709. The van der Waals surface area contributed by atoms with Gasteiger partial charge in [-0.1, -0.05) is 26.7 Å². The molecule has 0 aromatic carbocycles. The Bertz CT molecular complexity index is 272. The van der Waals surface area contributed by atoms with Crippen LogP contribution in [0.15, 0.2) is 0 Å². The van der Waals surface area contributed by atoms with Crippen LogP contribution in [0.3, 0.4) is 0 Å². The Morgan fingerprint density at radius 3 is 2.32 bits per heavy atom. The van der Waals surface area contributed by atoms with Gasteiger partial charge in [-0.3, -0.25) is 4.90 Å². The molecule has 0 aliphatic heterocycles. The number of aliphatic hydroxyl groups is 1. The summed E-state index contributed by atoms with van der Waals surface area (Å²) in [5.41, 5.74) is -0.126. The van der Waals surface area contributed by atoms with Gasteiger partial charge in [0.1, 0.15) is 0 Å². The molecule has 0 aromatic rings. The predicted octanol–water partition coefficient (Wildman–Crippen LogP) is 2.39. The van der Waals surface area contributed by atoms with Gasteiger partial charge in [0, 0.05) is 25.2 Å². The highest BCUT2D eigenvalue weighted by atomic mass is 16.3. The minimum Gasteiger partial charge on any atom is -0.394 e. The van der Waals surface area contributed by atoms with E-state index in [2.05, 4.69) is 31.0 Å². The van der Waals surface area contributed by atoms with Gasteiger partial charge in [-0.15, -0.1) is 0 Å². The van der Waals surface area contributed by atoms with E-state index < -0.39 is 0 Å². The van der Waals surface area contributed by atoms with Crippen LogP contribution < -0.4 is 5.32 Å². The molecule has 3 heteroatoms. The molecule has 2 fully saturated rings. The number of hydrogen-bond donors (Lipinski definition) is 2. The molecule has 2 aliphatic rings. The maximum Gasteiger partial charge on any atom is 0.0623 e. The van der Waals surface area contributed by atoms with E-state index in [1.165, 1.54) is 38.5 Å². The predicted molar refractivity (Wildman–Crippen MR) is 80.3 cm³/mol. The summed E-state index contributed by atoms with van der Waals surface area (Å²) in [7, 11) is 0. The second-order valence-electron chi connectivity index (χ2n) is 7.40. The number of rotatable bonds is 8. The molecule has 0 heterocycles. The van der Waals surface area contributed by atoms with Gasteiger partial charge in [-0.05, 0) is 38.5 Å². The fourth-order valence-electron chi connectivity index (χ4n) is 3.39. The van der Waals surface area contributed by atoms with Crippen LogP contribution in [-0.4, -0.2) is 47.3 Å². The molecule has 1 unspecified atom stereocenters. The Balaban J connectivity index is 1.95. The lowest BCUT2D eigenvalue weighted by atomic mass is 9.99. The molecule has 0 amide bonds. The summed E-state index contributed by atoms with van der Waals surface area (Å²) in [4.78, 5) is 2.64. The van der Waals surface area contributed by atoms with E-state index in [4.69, 9.17) is 0 Å². The van der Waals surface area contributed by atoms with Crippen molar-refractivity contribution < 1.29 is 5.11 Å². The van der Waals surface area contributed by atoms with Crippen molar-refractivity contribution in [1.82, 2.24) is 10.2 Å². The van der Waals surface area contributed by atoms with Crippen LogP contribution in [0.2, 0.25) is 0 Å². The summed E-state index contributed by atoms with van der Waals surface area (Å²) in [5.74, 6) is 0.699. The fraction of sp³-hybridized carbons (Fsp3) is 1.00. The minimum absolute atomic E-state index is 0.126. The molecular formula is C16H32N2O. The second-order valence-corrected chi connectivity index (χ2v) is 7.40. The van der Waals surface area contributed by atoms with Gasteiger partial charge in [0.25, 0.3) is 0 Å². The fourth-order valence-corrected chi connectivity index (χ4v) is 3.39. The topological polar surface area (TPSA) is 35.5 Å². The van der Waals surface area contributed by atoms with Crippen LogP contribution in [0.1, 0.15) is 59.3 Å². The van der Waals surface area contributed by atoms with E-state index in [-0.39, 0.29) is 12.1 Å². The third kappa shape index (κ3) is 4.73. The average Bonchev–Trinajstić information content (AvgIpc) is 2.97. The van der Waals surface area contributed by atoms with Crippen molar-refractivity contribution in [3.8, 4) is 0 Å². The summed E-state index contributed by atoms with van der Waals surface area (Å²) in [6.45, 7) is 9.17. The first-order valence-corrected chi connectivity index (χ1v) is 8.15. The van der Waals surface area contributed by atoms with Crippen molar-refractivity contribution in [1.29, 1.82) is 0 Å². The first kappa shape index (κ1) is 15.3. The van der Waals surface area contributed by atoms with Crippen LogP contribution in [-0.2, 0) is 0 Å². The molecule has 0 aromatic heterocycles. The number of hydrogen-bond acceptors (Lipinski definition) is 3. The number of nitrogens with zero attached hydrogens (tertiary/aromatic N) is 1. The SMILES string of the molecule is CC(C)CN(CC(C)(CO)NC1CC1)C1CCCC1. The molecule has 2 rings (SSSR count). The largest absolute Gasteiger partial charge is 0.394 e. The zero-order valence-corrected chi connectivity index (χ0v) is 13.0. The molecule has 0 spiro atoms. The minimum atomic E-state index is -0.126. The number of nitrogens with one attached hydrogen (secondary N) is 1. The molecule has 2 N–H and O–H groups in total. The van der Waals surface area contributed by atoms with Crippen LogP contribution >= 0.6 is 0 Å². The Kier molecular flexibility index (Phi) is 5.27. The van der Waals surface area contributed by atoms with Crippen LogP contribution in [0.4, 0.5) is 0 Å². The maximum absolute atomic E-state index is 9.80. The van der Waals surface area contributed by atoms with Crippen molar-refractivity contribution in [2.45, 2.75) is 76.9 Å². The summed E-state index contributed by atoms with van der Waals surface area (Å²) < 4.78 is 0. The third-order valence-corrected chi connectivity index (χ3v) is 4.47. The maximum atomic E-state index is 9.80. The molecule has 2 aliphatic carbocycles. The first-order valence-electron chi connectivity index (χ1n) is 8.15. The van der Waals surface area contributed by atoms with E-state index in [1.54, 1.807) is 0 Å². The van der Waals surface area contributed by atoms with Crippen molar-refractivity contribution in [3.63, 3.8) is 0 Å². The van der Waals surface area contributed by atoms with Crippen LogP contribution in [0.5, 0.6) is 0 Å². The van der Waals surface area contributed by atoms with Gasteiger partial charge < -0.3 is 10.4 Å². The Labute approximate surface area is 118 Å². The summed E-state index contributed by atoms with van der Waals surface area (Å²) in [6, 6.07) is 1.40. The van der Waals surface area contributed by atoms with E-state index in [0.29, 0.717) is 12.0 Å². The molecular weight excluding hydrogens is 236 g/mol. The van der Waals surface area contributed by atoms with E-state index in [1.807, 2.05) is 0 Å².